The van der Waals surface area contributed by atoms with Crippen LogP contribution in [-0.4, -0.2) is 76.7 Å². The Labute approximate surface area is 190 Å². The molecule has 4 rings (SSSR count). The van der Waals surface area contributed by atoms with Crippen LogP contribution in [0.2, 0.25) is 0 Å². The molecule has 11 nitrogen and oxygen atoms in total. The fraction of sp³-hybridized carbons (Fsp3) is 0.364. The fourth-order valence-electron chi connectivity index (χ4n) is 3.71. The molecule has 1 aliphatic heterocycles. The van der Waals surface area contributed by atoms with Crippen molar-refractivity contribution in [1.82, 2.24) is 29.7 Å². The Bertz CT molecular complexity index is 1180. The van der Waals surface area contributed by atoms with Gasteiger partial charge in [0.1, 0.15) is 29.3 Å². The number of nitrogens with one attached hydrogen (secondary N) is 2. The molecule has 2 N–H and O–H groups in total. The second-order valence-corrected chi connectivity index (χ2v) is 7.63. The number of hydrogen-bond acceptors (Lipinski definition) is 6. The summed E-state index contributed by atoms with van der Waals surface area (Å²) >= 11 is 0. The number of benzene rings is 1. The number of methoxy groups -OCH3 is 1. The predicted octanol–water partition coefficient (Wildman–Crippen LogP) is 0.452. The maximum Gasteiger partial charge on any atom is 0.259 e. The van der Waals surface area contributed by atoms with Crippen molar-refractivity contribution >= 4 is 23.4 Å². The number of nitrogens with zero attached hydrogens (tertiary/aromatic N) is 4. The van der Waals surface area contributed by atoms with Gasteiger partial charge in [0.25, 0.3) is 11.8 Å². The Hall–Kier alpha value is -4.02. The molecule has 0 unspecified atom stereocenters. The molecule has 2 aromatic heterocycles. The van der Waals surface area contributed by atoms with Crippen molar-refractivity contribution in [1.29, 1.82) is 0 Å². The Kier molecular flexibility index (Phi) is 6.48. The van der Waals surface area contributed by atoms with Crippen molar-refractivity contribution in [2.24, 2.45) is 7.05 Å². The Morgan fingerprint density at radius 2 is 2.03 bits per heavy atom. The zero-order valence-electron chi connectivity index (χ0n) is 18.5. The van der Waals surface area contributed by atoms with Gasteiger partial charge >= 0.3 is 0 Å². The number of amides is 3. The van der Waals surface area contributed by atoms with Gasteiger partial charge in [-0.25, -0.2) is 4.52 Å². The van der Waals surface area contributed by atoms with E-state index in [9.17, 15) is 14.4 Å². The van der Waals surface area contributed by atoms with Gasteiger partial charge in [0.05, 0.1) is 32.0 Å². The third kappa shape index (κ3) is 4.76. The molecule has 1 aliphatic rings. The highest BCUT2D eigenvalue weighted by Gasteiger charge is 2.24. The smallest absolute Gasteiger partial charge is 0.259 e. The minimum Gasteiger partial charge on any atom is -0.497 e. The van der Waals surface area contributed by atoms with Gasteiger partial charge in [-0.1, -0.05) is 0 Å². The molecule has 0 radical (unpaired) electrons. The van der Waals surface area contributed by atoms with Crippen molar-refractivity contribution in [3.63, 3.8) is 0 Å². The third-order valence-corrected chi connectivity index (χ3v) is 5.39. The van der Waals surface area contributed by atoms with Crippen LogP contribution in [0.15, 0.2) is 36.8 Å². The Balaban J connectivity index is 1.52. The molecule has 0 aliphatic carbocycles. The number of aromatic nitrogens is 3. The maximum absolute atomic E-state index is 13.3. The molecule has 33 heavy (non-hydrogen) atoms. The fourth-order valence-corrected chi connectivity index (χ4v) is 3.71. The van der Waals surface area contributed by atoms with Gasteiger partial charge in [0.2, 0.25) is 5.91 Å². The molecule has 0 fully saturated rings. The second kappa shape index (κ2) is 9.63. The summed E-state index contributed by atoms with van der Waals surface area (Å²) in [5, 5.41) is 9.83. The minimum absolute atomic E-state index is 0.112. The number of aryl methyl sites for hydroxylation is 1. The van der Waals surface area contributed by atoms with Crippen LogP contribution in [0.1, 0.15) is 27.1 Å². The lowest BCUT2D eigenvalue weighted by molar-refractivity contribution is -0.121. The van der Waals surface area contributed by atoms with E-state index in [4.69, 9.17) is 9.47 Å². The highest BCUT2D eigenvalue weighted by Crippen LogP contribution is 2.25. The number of rotatable bonds is 2. The zero-order chi connectivity index (χ0) is 23.4. The van der Waals surface area contributed by atoms with E-state index < -0.39 is 0 Å². The molecule has 0 saturated heterocycles. The van der Waals surface area contributed by atoms with Crippen molar-refractivity contribution < 1.29 is 23.9 Å². The van der Waals surface area contributed by atoms with Crippen molar-refractivity contribution in [3.8, 4) is 11.5 Å². The lowest BCUT2D eigenvalue weighted by Crippen LogP contribution is -2.43. The first-order valence-electron chi connectivity index (χ1n) is 10.6. The summed E-state index contributed by atoms with van der Waals surface area (Å²) < 4.78 is 14.4. The second-order valence-electron chi connectivity index (χ2n) is 7.63. The molecule has 0 saturated carbocycles. The van der Waals surface area contributed by atoms with Gasteiger partial charge < -0.3 is 29.6 Å². The van der Waals surface area contributed by atoms with E-state index in [0.29, 0.717) is 47.8 Å². The quantitative estimate of drug-likeness (QED) is 0.581. The first kappa shape index (κ1) is 22.2. The average molecular weight is 454 g/mol. The van der Waals surface area contributed by atoms with E-state index in [-0.39, 0.29) is 37.4 Å². The van der Waals surface area contributed by atoms with Gasteiger partial charge in [0.15, 0.2) is 0 Å². The maximum atomic E-state index is 13.3. The molecule has 0 spiro atoms. The molecule has 3 aromatic rings. The predicted molar refractivity (Wildman–Crippen MR) is 119 cm³/mol. The standard InChI is InChI=1S/C22H26N6O5/c1-26-9-10-28-21(26)17(13-25-28)22(31)27-8-3-6-24-20(30)16-5-4-15(32-2)12-18(16)33-11-7-23-19(29)14-27/h4-5,9-10,12-13H,3,6-8,11,14H2,1-2H3,(H,23,29)(H,24,30). The Morgan fingerprint density at radius 3 is 2.85 bits per heavy atom. The summed E-state index contributed by atoms with van der Waals surface area (Å²) in [5.41, 5.74) is 1.43. The lowest BCUT2D eigenvalue weighted by Gasteiger charge is -2.23. The summed E-state index contributed by atoms with van der Waals surface area (Å²) in [7, 11) is 3.36. The summed E-state index contributed by atoms with van der Waals surface area (Å²) in [6.07, 6.45) is 5.53. The van der Waals surface area contributed by atoms with E-state index in [2.05, 4.69) is 15.7 Å². The molecule has 174 valence electrons. The van der Waals surface area contributed by atoms with Crippen LogP contribution in [-0.2, 0) is 11.8 Å². The number of hydrogen-bond donors (Lipinski definition) is 2. The molecule has 0 bridgehead atoms. The normalized spacial score (nSPS) is 15.8. The topological polar surface area (TPSA) is 119 Å². The SMILES string of the molecule is COc1ccc2c(c1)OCCNC(=O)CN(C(=O)c1cnn3ccn(C)c13)CCCNC2=O. The monoisotopic (exact) mass is 454 g/mol. The van der Waals surface area contributed by atoms with Crippen LogP contribution < -0.4 is 20.1 Å². The van der Waals surface area contributed by atoms with Crippen LogP contribution in [0, 0.1) is 0 Å². The number of carbonyl (C=O) groups is 3. The molecule has 1 aromatic carbocycles. The van der Waals surface area contributed by atoms with Crippen LogP contribution in [0.4, 0.5) is 0 Å². The van der Waals surface area contributed by atoms with Crippen LogP contribution in [0.25, 0.3) is 5.65 Å². The van der Waals surface area contributed by atoms with E-state index >= 15 is 0 Å². The van der Waals surface area contributed by atoms with Gasteiger partial charge in [-0.15, -0.1) is 0 Å². The minimum atomic E-state index is -0.297. The number of imidazole rings is 1. The number of ether oxygens (including phenoxy) is 2. The van der Waals surface area contributed by atoms with E-state index in [1.807, 2.05) is 7.05 Å². The van der Waals surface area contributed by atoms with Crippen molar-refractivity contribution in [2.75, 3.05) is 39.9 Å². The molecule has 11 heteroatoms. The van der Waals surface area contributed by atoms with E-state index in [1.165, 1.54) is 18.2 Å². The lowest BCUT2D eigenvalue weighted by atomic mass is 10.1. The third-order valence-electron chi connectivity index (χ3n) is 5.39. The molecule has 3 amide bonds. The molecular weight excluding hydrogens is 428 g/mol. The molecule has 0 atom stereocenters. The Morgan fingerprint density at radius 1 is 1.18 bits per heavy atom. The summed E-state index contributed by atoms with van der Waals surface area (Å²) in [5.74, 6) is 0.0631. The van der Waals surface area contributed by atoms with Gasteiger partial charge in [0, 0.05) is 38.6 Å². The van der Waals surface area contributed by atoms with Gasteiger partial charge in [-0.2, -0.15) is 5.10 Å². The highest BCUT2D eigenvalue weighted by atomic mass is 16.5. The molecule has 3 heterocycles. The largest absolute Gasteiger partial charge is 0.497 e. The first-order chi connectivity index (χ1) is 16.0. The number of carbonyl (C=O) groups excluding carboxylic acids is 3. The summed E-state index contributed by atoms with van der Waals surface area (Å²) in [4.78, 5) is 40.0. The van der Waals surface area contributed by atoms with E-state index in [0.717, 1.165) is 0 Å². The van der Waals surface area contributed by atoms with Crippen LogP contribution in [0.3, 0.4) is 0 Å². The van der Waals surface area contributed by atoms with Crippen molar-refractivity contribution in [3.05, 3.63) is 47.9 Å². The summed E-state index contributed by atoms with van der Waals surface area (Å²) in [6.45, 7) is 0.873. The highest BCUT2D eigenvalue weighted by molar-refractivity contribution is 6.01. The molecular formula is C22H26N6O5. The average Bonchev–Trinajstić information content (AvgIpc) is 3.40. The number of fused-ring (bicyclic) bond motifs is 2. The van der Waals surface area contributed by atoms with Gasteiger partial charge in [-0.05, 0) is 18.6 Å². The van der Waals surface area contributed by atoms with E-state index in [1.54, 1.807) is 39.7 Å². The van der Waals surface area contributed by atoms with Gasteiger partial charge in [-0.3, -0.25) is 14.4 Å². The van der Waals surface area contributed by atoms with Crippen molar-refractivity contribution in [2.45, 2.75) is 6.42 Å². The zero-order valence-corrected chi connectivity index (χ0v) is 18.5. The van der Waals surface area contributed by atoms with Crippen LogP contribution in [0.5, 0.6) is 11.5 Å². The van der Waals surface area contributed by atoms with Crippen LogP contribution >= 0.6 is 0 Å². The summed E-state index contributed by atoms with van der Waals surface area (Å²) in [6, 6.07) is 4.96. The first-order valence-corrected chi connectivity index (χ1v) is 10.6.